The van der Waals surface area contributed by atoms with Crippen molar-refractivity contribution in [2.24, 2.45) is 5.10 Å². The van der Waals surface area contributed by atoms with Gasteiger partial charge < -0.3 is 9.47 Å². The molecule has 1 aliphatic heterocycles. The number of urea groups is 1. The van der Waals surface area contributed by atoms with Gasteiger partial charge in [-0.15, -0.1) is 0 Å². The van der Waals surface area contributed by atoms with Crippen molar-refractivity contribution >= 4 is 24.1 Å². The first kappa shape index (κ1) is 23.5. The first-order valence-corrected chi connectivity index (χ1v) is 10.8. The molecule has 9 heteroatoms. The second-order valence-corrected chi connectivity index (χ2v) is 7.69. The van der Waals surface area contributed by atoms with Gasteiger partial charge in [0.05, 0.1) is 20.4 Å². The fraction of sp³-hybridized carbons (Fsp3) is 0.154. The van der Waals surface area contributed by atoms with E-state index in [2.05, 4.69) is 15.8 Å². The summed E-state index contributed by atoms with van der Waals surface area (Å²) in [5.41, 5.74) is 2.63. The van der Waals surface area contributed by atoms with Crippen LogP contribution in [0.15, 0.2) is 84.0 Å². The highest BCUT2D eigenvalue weighted by atomic mass is 16.5. The highest BCUT2D eigenvalue weighted by Gasteiger charge is 2.55. The van der Waals surface area contributed by atoms with Crippen molar-refractivity contribution in [3.05, 3.63) is 95.6 Å². The number of hydrogen-bond donors (Lipinski definition) is 2. The average Bonchev–Trinajstić information content (AvgIpc) is 3.14. The molecule has 35 heavy (non-hydrogen) atoms. The van der Waals surface area contributed by atoms with Crippen LogP contribution in [0.2, 0.25) is 0 Å². The van der Waals surface area contributed by atoms with E-state index in [1.54, 1.807) is 73.8 Å². The number of carbonyl (C=O) groups excluding carboxylic acids is 3. The van der Waals surface area contributed by atoms with E-state index < -0.39 is 29.9 Å². The Bertz CT molecular complexity index is 1220. The van der Waals surface area contributed by atoms with Gasteiger partial charge in [0.25, 0.3) is 11.8 Å². The summed E-state index contributed by atoms with van der Waals surface area (Å²) in [6.07, 6.45) is 1.41. The van der Waals surface area contributed by atoms with Gasteiger partial charge in [0, 0.05) is 5.56 Å². The van der Waals surface area contributed by atoms with Crippen molar-refractivity contribution in [2.45, 2.75) is 5.54 Å². The summed E-state index contributed by atoms with van der Waals surface area (Å²) < 4.78 is 10.5. The Morgan fingerprint density at radius 1 is 0.971 bits per heavy atom. The number of hydrazone groups is 1. The zero-order valence-electron chi connectivity index (χ0n) is 19.2. The van der Waals surface area contributed by atoms with E-state index in [0.717, 1.165) is 0 Å². The Morgan fingerprint density at radius 3 is 2.17 bits per heavy atom. The topological polar surface area (TPSA) is 109 Å². The van der Waals surface area contributed by atoms with Crippen LogP contribution in [0.3, 0.4) is 0 Å². The van der Waals surface area contributed by atoms with Gasteiger partial charge in [-0.25, -0.2) is 10.2 Å². The summed E-state index contributed by atoms with van der Waals surface area (Å²) in [5, 5.41) is 6.37. The molecule has 178 valence electrons. The molecular weight excluding hydrogens is 448 g/mol. The zero-order valence-corrected chi connectivity index (χ0v) is 19.2. The molecule has 2 N–H and O–H groups in total. The van der Waals surface area contributed by atoms with Crippen LogP contribution in [0.1, 0.15) is 16.7 Å². The predicted molar refractivity (Wildman–Crippen MR) is 129 cm³/mol. The number of imide groups is 1. The first-order chi connectivity index (χ1) is 17.0. The molecule has 1 aliphatic rings. The van der Waals surface area contributed by atoms with Crippen LogP contribution >= 0.6 is 0 Å². The second-order valence-electron chi connectivity index (χ2n) is 7.69. The van der Waals surface area contributed by atoms with Crippen LogP contribution in [0, 0.1) is 0 Å². The van der Waals surface area contributed by atoms with Gasteiger partial charge in [-0.2, -0.15) is 5.10 Å². The molecule has 1 fully saturated rings. The van der Waals surface area contributed by atoms with E-state index in [0.29, 0.717) is 28.2 Å². The molecule has 1 saturated heterocycles. The summed E-state index contributed by atoms with van der Waals surface area (Å²) in [7, 11) is 3.06. The number of amides is 4. The van der Waals surface area contributed by atoms with Crippen LogP contribution in [0.25, 0.3) is 0 Å². The van der Waals surface area contributed by atoms with Crippen LogP contribution in [-0.2, 0) is 15.1 Å². The molecule has 4 amide bonds. The quantitative estimate of drug-likeness (QED) is 0.298. The van der Waals surface area contributed by atoms with Gasteiger partial charge in [-0.05, 0) is 29.3 Å². The van der Waals surface area contributed by atoms with E-state index in [1.165, 1.54) is 18.2 Å². The molecule has 0 atom stereocenters. The monoisotopic (exact) mass is 472 g/mol. The number of carbonyl (C=O) groups is 3. The third-order valence-corrected chi connectivity index (χ3v) is 5.71. The fourth-order valence-electron chi connectivity index (χ4n) is 4.11. The Labute approximate surface area is 202 Å². The zero-order chi connectivity index (χ0) is 24.8. The Kier molecular flexibility index (Phi) is 6.77. The summed E-state index contributed by atoms with van der Waals surface area (Å²) in [6, 6.07) is 22.2. The number of rotatable bonds is 8. The lowest BCUT2D eigenvalue weighted by Gasteiger charge is -2.35. The van der Waals surface area contributed by atoms with Gasteiger partial charge in [-0.1, -0.05) is 60.7 Å². The Balaban J connectivity index is 1.62. The summed E-state index contributed by atoms with van der Waals surface area (Å²) in [4.78, 5) is 40.2. The van der Waals surface area contributed by atoms with E-state index in [4.69, 9.17) is 9.47 Å². The van der Waals surface area contributed by atoms with Crippen LogP contribution in [0.5, 0.6) is 11.5 Å². The molecule has 0 radical (unpaired) electrons. The lowest BCUT2D eigenvalue weighted by atomic mass is 9.81. The van der Waals surface area contributed by atoms with Crippen LogP contribution in [0.4, 0.5) is 4.79 Å². The minimum Gasteiger partial charge on any atom is -0.497 e. The Hall–Kier alpha value is -4.66. The van der Waals surface area contributed by atoms with E-state index in [1.807, 2.05) is 12.1 Å². The largest absolute Gasteiger partial charge is 0.497 e. The van der Waals surface area contributed by atoms with Gasteiger partial charge in [-0.3, -0.25) is 19.8 Å². The summed E-state index contributed by atoms with van der Waals surface area (Å²) in [5.74, 6) is 0.0309. The molecule has 0 saturated carbocycles. The van der Waals surface area contributed by atoms with Crippen LogP contribution < -0.4 is 20.2 Å². The third kappa shape index (κ3) is 4.43. The van der Waals surface area contributed by atoms with Gasteiger partial charge in [0.2, 0.25) is 0 Å². The molecule has 0 bridgehead atoms. The van der Waals surface area contributed by atoms with E-state index in [9.17, 15) is 14.4 Å². The van der Waals surface area contributed by atoms with Crippen molar-refractivity contribution < 1.29 is 23.9 Å². The summed E-state index contributed by atoms with van der Waals surface area (Å²) in [6.45, 7) is -0.409. The third-order valence-electron chi connectivity index (χ3n) is 5.71. The summed E-state index contributed by atoms with van der Waals surface area (Å²) >= 11 is 0. The number of benzene rings is 3. The molecule has 0 unspecified atom stereocenters. The maximum Gasteiger partial charge on any atom is 0.326 e. The van der Waals surface area contributed by atoms with Crippen molar-refractivity contribution in [2.75, 3.05) is 20.8 Å². The molecule has 3 aromatic carbocycles. The van der Waals surface area contributed by atoms with E-state index >= 15 is 0 Å². The molecule has 3 aromatic rings. The van der Waals surface area contributed by atoms with Crippen LogP contribution in [-0.4, -0.2) is 49.7 Å². The normalized spacial score (nSPS) is 14.6. The number of hydrogen-bond acceptors (Lipinski definition) is 6. The average molecular weight is 473 g/mol. The molecular formula is C26H24N4O5. The molecule has 9 nitrogen and oxygen atoms in total. The van der Waals surface area contributed by atoms with Crippen molar-refractivity contribution in [1.82, 2.24) is 15.6 Å². The lowest BCUT2D eigenvalue weighted by Crippen LogP contribution is -2.51. The van der Waals surface area contributed by atoms with Crippen molar-refractivity contribution in [1.29, 1.82) is 0 Å². The molecule has 1 heterocycles. The first-order valence-electron chi connectivity index (χ1n) is 10.8. The SMILES string of the molecule is COc1ccc(OC)c(/C=N/NC(=O)CN2C(=O)NC(=O)C2(c2ccccc2)c2ccccc2)c1. The maximum absolute atomic E-state index is 13.3. The van der Waals surface area contributed by atoms with Gasteiger partial charge in [0.1, 0.15) is 18.0 Å². The highest BCUT2D eigenvalue weighted by molar-refractivity contribution is 6.10. The lowest BCUT2D eigenvalue weighted by molar-refractivity contribution is -0.127. The van der Waals surface area contributed by atoms with Gasteiger partial charge in [0.15, 0.2) is 5.54 Å². The maximum atomic E-state index is 13.3. The van der Waals surface area contributed by atoms with E-state index in [-0.39, 0.29) is 0 Å². The molecule has 4 rings (SSSR count). The van der Waals surface area contributed by atoms with Gasteiger partial charge >= 0.3 is 6.03 Å². The smallest absolute Gasteiger partial charge is 0.326 e. The minimum atomic E-state index is -1.50. The standard InChI is InChI=1S/C26H24N4O5/c1-34-21-13-14-22(35-2)18(15-21)16-27-29-23(31)17-30-25(33)28-24(32)26(30,19-9-5-3-6-10-19)20-11-7-4-8-12-20/h3-16H,17H2,1-2H3,(H,29,31)(H,28,32,33)/b27-16+. The van der Waals surface area contributed by atoms with Crippen molar-refractivity contribution in [3.63, 3.8) is 0 Å². The number of nitrogens with zero attached hydrogens (tertiary/aromatic N) is 2. The Morgan fingerprint density at radius 2 is 1.60 bits per heavy atom. The number of ether oxygens (including phenoxy) is 2. The minimum absolute atomic E-state index is 0.409. The molecule has 0 aromatic heterocycles. The fourth-order valence-corrected chi connectivity index (χ4v) is 4.11. The molecule has 0 spiro atoms. The predicted octanol–water partition coefficient (Wildman–Crippen LogP) is 2.65. The molecule has 0 aliphatic carbocycles. The number of nitrogens with one attached hydrogen (secondary N) is 2. The second kappa shape index (κ2) is 10.1. The number of methoxy groups -OCH3 is 2. The van der Waals surface area contributed by atoms with Crippen molar-refractivity contribution in [3.8, 4) is 11.5 Å². The highest BCUT2D eigenvalue weighted by Crippen LogP contribution is 2.39.